The lowest BCUT2D eigenvalue weighted by Crippen LogP contribution is -2.36. The van der Waals surface area contributed by atoms with Crippen molar-refractivity contribution in [3.05, 3.63) is 18.3 Å². The molecule has 1 saturated heterocycles. The van der Waals surface area contributed by atoms with Gasteiger partial charge in [0.05, 0.1) is 25.1 Å². The van der Waals surface area contributed by atoms with Crippen molar-refractivity contribution in [2.45, 2.75) is 19.3 Å². The number of rotatable bonds is 6. The topological polar surface area (TPSA) is 54.5 Å². The molecule has 20 heavy (non-hydrogen) atoms. The zero-order valence-corrected chi connectivity index (χ0v) is 12.2. The first-order chi connectivity index (χ1) is 9.79. The molecule has 1 aromatic heterocycles. The fraction of sp³-hybridized carbons (Fsp3) is 0.571. The molecule has 1 N–H and O–H groups in total. The maximum Gasteiger partial charge on any atom is 0.224 e. The molecule has 5 nitrogen and oxygen atoms in total. The number of morpholine rings is 1. The van der Waals surface area contributed by atoms with Crippen LogP contribution in [0.3, 0.4) is 0 Å². The lowest BCUT2D eigenvalue weighted by atomic mass is 10.2. The van der Waals surface area contributed by atoms with Crippen LogP contribution in [0, 0.1) is 0 Å². The Hall–Kier alpha value is -1.33. The van der Waals surface area contributed by atoms with E-state index < -0.39 is 0 Å². The van der Waals surface area contributed by atoms with Gasteiger partial charge in [-0.2, -0.15) is 0 Å². The summed E-state index contributed by atoms with van der Waals surface area (Å²) in [7, 11) is 0. The molecule has 0 spiro atoms. The third-order valence-electron chi connectivity index (χ3n) is 3.15. The quantitative estimate of drug-likeness (QED) is 0.646. The summed E-state index contributed by atoms with van der Waals surface area (Å²) < 4.78 is 5.31. The van der Waals surface area contributed by atoms with Crippen LogP contribution in [0.5, 0.6) is 0 Å². The van der Waals surface area contributed by atoms with E-state index in [2.05, 4.69) is 15.2 Å². The molecule has 1 amide bonds. The minimum absolute atomic E-state index is 0.0102. The van der Waals surface area contributed by atoms with Crippen LogP contribution in [0.15, 0.2) is 18.3 Å². The molecule has 0 radical (unpaired) electrons. The van der Waals surface area contributed by atoms with Crippen molar-refractivity contribution in [3.8, 4) is 0 Å². The second-order valence-corrected chi connectivity index (χ2v) is 5.08. The van der Waals surface area contributed by atoms with Gasteiger partial charge in [0.2, 0.25) is 5.91 Å². The van der Waals surface area contributed by atoms with Crippen LogP contribution in [0.4, 0.5) is 11.5 Å². The third-order valence-corrected chi connectivity index (χ3v) is 3.42. The highest BCUT2D eigenvalue weighted by Gasteiger charge is 2.12. The summed E-state index contributed by atoms with van der Waals surface area (Å²) in [4.78, 5) is 18.2. The van der Waals surface area contributed by atoms with Gasteiger partial charge >= 0.3 is 0 Å². The molecule has 0 aliphatic carbocycles. The van der Waals surface area contributed by atoms with Crippen LogP contribution in [0.1, 0.15) is 19.3 Å². The Morgan fingerprint density at radius 3 is 2.80 bits per heavy atom. The number of unbranched alkanes of at least 4 members (excludes halogenated alkanes) is 1. The number of halogens is 1. The van der Waals surface area contributed by atoms with E-state index in [0.29, 0.717) is 12.3 Å². The first-order valence-corrected chi connectivity index (χ1v) is 7.47. The van der Waals surface area contributed by atoms with Gasteiger partial charge in [-0.05, 0) is 25.0 Å². The number of hydrogen-bond donors (Lipinski definition) is 1. The molecule has 1 fully saturated rings. The molecule has 2 heterocycles. The molecular formula is C14H20ClN3O2. The van der Waals surface area contributed by atoms with E-state index >= 15 is 0 Å². The number of aromatic nitrogens is 1. The highest BCUT2D eigenvalue weighted by Crippen LogP contribution is 2.15. The second kappa shape index (κ2) is 8.07. The fourth-order valence-electron chi connectivity index (χ4n) is 2.04. The van der Waals surface area contributed by atoms with E-state index in [1.807, 2.05) is 12.1 Å². The molecule has 0 unspecified atom stereocenters. The molecule has 110 valence electrons. The summed E-state index contributed by atoms with van der Waals surface area (Å²) in [5.41, 5.74) is 0.734. The van der Waals surface area contributed by atoms with Crippen molar-refractivity contribution in [1.29, 1.82) is 0 Å². The lowest BCUT2D eigenvalue weighted by Gasteiger charge is -2.27. The average molecular weight is 298 g/mol. The number of carbonyl (C=O) groups is 1. The second-order valence-electron chi connectivity index (χ2n) is 4.70. The highest BCUT2D eigenvalue weighted by molar-refractivity contribution is 6.17. The Balaban J connectivity index is 1.83. The number of nitrogens with zero attached hydrogens (tertiary/aromatic N) is 2. The Labute approximate surface area is 124 Å². The minimum Gasteiger partial charge on any atom is -0.378 e. The summed E-state index contributed by atoms with van der Waals surface area (Å²) in [5.74, 6) is 1.53. The predicted molar refractivity (Wildman–Crippen MR) is 80.5 cm³/mol. The maximum absolute atomic E-state index is 11.7. The van der Waals surface area contributed by atoms with Crippen molar-refractivity contribution in [1.82, 2.24) is 4.98 Å². The fourth-order valence-corrected chi connectivity index (χ4v) is 2.23. The maximum atomic E-state index is 11.7. The van der Waals surface area contributed by atoms with Gasteiger partial charge in [-0.3, -0.25) is 4.79 Å². The summed E-state index contributed by atoms with van der Waals surface area (Å²) in [5, 5.41) is 2.84. The summed E-state index contributed by atoms with van der Waals surface area (Å²) in [6, 6.07) is 3.82. The summed E-state index contributed by atoms with van der Waals surface area (Å²) in [6.07, 6.45) is 3.87. The van der Waals surface area contributed by atoms with E-state index in [4.69, 9.17) is 16.3 Å². The number of nitrogens with one attached hydrogen (secondary N) is 1. The van der Waals surface area contributed by atoms with Gasteiger partial charge in [-0.25, -0.2) is 4.98 Å². The third kappa shape index (κ3) is 4.65. The van der Waals surface area contributed by atoms with Crippen molar-refractivity contribution in [3.63, 3.8) is 0 Å². The largest absolute Gasteiger partial charge is 0.378 e. The Kier molecular flexibility index (Phi) is 6.08. The zero-order chi connectivity index (χ0) is 14.2. The van der Waals surface area contributed by atoms with E-state index in [1.165, 1.54) is 0 Å². The normalized spacial score (nSPS) is 15.2. The van der Waals surface area contributed by atoms with Crippen LogP contribution >= 0.6 is 11.6 Å². The Bertz CT molecular complexity index is 419. The van der Waals surface area contributed by atoms with Crippen LogP contribution in [0.25, 0.3) is 0 Å². The minimum atomic E-state index is 0.0102. The van der Waals surface area contributed by atoms with Crippen molar-refractivity contribution in [2.24, 2.45) is 0 Å². The van der Waals surface area contributed by atoms with Gasteiger partial charge in [0.1, 0.15) is 5.82 Å². The Morgan fingerprint density at radius 1 is 1.35 bits per heavy atom. The molecule has 1 aliphatic heterocycles. The van der Waals surface area contributed by atoms with E-state index in [9.17, 15) is 4.79 Å². The summed E-state index contributed by atoms with van der Waals surface area (Å²) in [6.45, 7) is 3.19. The highest BCUT2D eigenvalue weighted by atomic mass is 35.5. The number of pyridine rings is 1. The van der Waals surface area contributed by atoms with Gasteiger partial charge in [0, 0.05) is 25.4 Å². The number of carbonyl (C=O) groups excluding carboxylic acids is 1. The van der Waals surface area contributed by atoms with Gasteiger partial charge in [-0.15, -0.1) is 11.6 Å². The van der Waals surface area contributed by atoms with E-state index in [-0.39, 0.29) is 5.91 Å². The van der Waals surface area contributed by atoms with Gasteiger partial charge < -0.3 is 15.0 Å². The molecule has 1 aliphatic rings. The standard InChI is InChI=1S/C14H20ClN3O2/c15-6-2-1-3-14(19)17-12-4-5-13(16-11-12)18-7-9-20-10-8-18/h4-5,11H,1-3,6-10H2,(H,17,19). The summed E-state index contributed by atoms with van der Waals surface area (Å²) >= 11 is 5.58. The number of hydrogen-bond acceptors (Lipinski definition) is 4. The van der Waals surface area contributed by atoms with Crippen LogP contribution < -0.4 is 10.2 Å². The molecule has 6 heteroatoms. The number of alkyl halides is 1. The molecule has 0 saturated carbocycles. The molecule has 0 bridgehead atoms. The Morgan fingerprint density at radius 2 is 2.15 bits per heavy atom. The van der Waals surface area contributed by atoms with Crippen molar-refractivity contribution < 1.29 is 9.53 Å². The van der Waals surface area contributed by atoms with Gasteiger partial charge in [0.15, 0.2) is 0 Å². The lowest BCUT2D eigenvalue weighted by molar-refractivity contribution is -0.116. The predicted octanol–water partition coefficient (Wildman–Crippen LogP) is 2.27. The van der Waals surface area contributed by atoms with E-state index in [1.54, 1.807) is 6.20 Å². The SMILES string of the molecule is O=C(CCCCCl)Nc1ccc(N2CCOCC2)nc1. The number of ether oxygens (including phenoxy) is 1. The smallest absolute Gasteiger partial charge is 0.224 e. The molecule has 0 atom stereocenters. The van der Waals surface area contributed by atoms with Crippen molar-refractivity contribution >= 4 is 29.0 Å². The van der Waals surface area contributed by atoms with Crippen LogP contribution in [-0.4, -0.2) is 43.1 Å². The molecular weight excluding hydrogens is 278 g/mol. The van der Waals surface area contributed by atoms with E-state index in [0.717, 1.165) is 50.7 Å². The van der Waals surface area contributed by atoms with Crippen molar-refractivity contribution in [2.75, 3.05) is 42.4 Å². The number of amides is 1. The first kappa shape index (κ1) is 15.1. The average Bonchev–Trinajstić information content (AvgIpc) is 2.49. The van der Waals surface area contributed by atoms with Gasteiger partial charge in [0.25, 0.3) is 0 Å². The van der Waals surface area contributed by atoms with Gasteiger partial charge in [-0.1, -0.05) is 0 Å². The molecule has 1 aromatic rings. The molecule has 0 aromatic carbocycles. The zero-order valence-electron chi connectivity index (χ0n) is 11.5. The monoisotopic (exact) mass is 297 g/mol. The number of anilines is 2. The molecule has 2 rings (SSSR count). The van der Waals surface area contributed by atoms with Crippen LogP contribution in [-0.2, 0) is 9.53 Å². The van der Waals surface area contributed by atoms with Crippen LogP contribution in [0.2, 0.25) is 0 Å². The first-order valence-electron chi connectivity index (χ1n) is 6.94.